The Labute approximate surface area is 130 Å². The van der Waals surface area contributed by atoms with Crippen molar-refractivity contribution in [3.8, 4) is 0 Å². The third-order valence-electron chi connectivity index (χ3n) is 3.29. The van der Waals surface area contributed by atoms with Crippen molar-refractivity contribution in [1.29, 1.82) is 0 Å². The predicted molar refractivity (Wildman–Crippen MR) is 84.4 cm³/mol. The van der Waals surface area contributed by atoms with Crippen molar-refractivity contribution in [2.45, 2.75) is 31.8 Å². The fourth-order valence-electron chi connectivity index (χ4n) is 1.95. The molecule has 0 spiro atoms. The molecule has 0 aromatic heterocycles. The summed E-state index contributed by atoms with van der Waals surface area (Å²) < 4.78 is 29.4. The van der Waals surface area contributed by atoms with Crippen LogP contribution in [0.15, 0.2) is 53.4 Å². The summed E-state index contributed by atoms with van der Waals surface area (Å²) >= 11 is 0. The van der Waals surface area contributed by atoms with Crippen LogP contribution in [-0.4, -0.2) is 20.3 Å². The van der Waals surface area contributed by atoms with Crippen LogP contribution in [0.4, 0.5) is 0 Å². The lowest BCUT2D eigenvalue weighted by Crippen LogP contribution is -2.24. The van der Waals surface area contributed by atoms with E-state index in [1.54, 1.807) is 36.4 Å². The lowest BCUT2D eigenvalue weighted by atomic mass is 10.1. The van der Waals surface area contributed by atoms with Crippen LogP contribution in [0.5, 0.6) is 0 Å². The number of carbonyl (C=O) groups is 1. The highest BCUT2D eigenvalue weighted by molar-refractivity contribution is 7.86. The fraction of sp³-hybridized carbons (Fsp3) is 0.235. The third kappa shape index (κ3) is 3.81. The van der Waals surface area contributed by atoms with E-state index < -0.39 is 16.2 Å². The van der Waals surface area contributed by atoms with Crippen molar-refractivity contribution in [2.75, 3.05) is 0 Å². The minimum absolute atomic E-state index is 0.0432. The molecule has 22 heavy (non-hydrogen) atoms. The maximum absolute atomic E-state index is 12.2. The van der Waals surface area contributed by atoms with Crippen LogP contribution in [0.25, 0.3) is 0 Å². The van der Waals surface area contributed by atoms with Gasteiger partial charge in [-0.1, -0.05) is 47.5 Å². The number of rotatable bonds is 5. The summed E-state index contributed by atoms with van der Waals surface area (Å²) in [6.07, 6.45) is -1.07. The molecule has 0 N–H and O–H groups in total. The topological polar surface area (TPSA) is 60.4 Å². The summed E-state index contributed by atoms with van der Waals surface area (Å²) in [5.41, 5.74) is 2.40. The van der Waals surface area contributed by atoms with E-state index in [0.717, 1.165) is 11.1 Å². The zero-order valence-electron chi connectivity index (χ0n) is 12.7. The number of hydrogen-bond donors (Lipinski definition) is 0. The van der Waals surface area contributed by atoms with Gasteiger partial charge in [0.15, 0.2) is 5.78 Å². The van der Waals surface area contributed by atoms with Gasteiger partial charge in [0.2, 0.25) is 0 Å². The molecule has 4 nitrogen and oxygen atoms in total. The standard InChI is InChI=1S/C17H18O4S/c1-12-4-8-15(9-5-12)17(18)14(3)21-22(19,20)16-10-6-13(2)7-11-16/h4-11,14H,1-3H3. The Hall–Kier alpha value is -1.98. The summed E-state index contributed by atoms with van der Waals surface area (Å²) in [5.74, 6) is -0.365. The average Bonchev–Trinajstić information content (AvgIpc) is 2.47. The van der Waals surface area contributed by atoms with Crippen LogP contribution in [0, 0.1) is 13.8 Å². The zero-order chi connectivity index (χ0) is 16.3. The van der Waals surface area contributed by atoms with Gasteiger partial charge in [-0.25, -0.2) is 0 Å². The van der Waals surface area contributed by atoms with Gasteiger partial charge < -0.3 is 0 Å². The van der Waals surface area contributed by atoms with Crippen molar-refractivity contribution >= 4 is 15.9 Å². The van der Waals surface area contributed by atoms with Crippen molar-refractivity contribution < 1.29 is 17.4 Å². The molecule has 2 rings (SSSR count). The van der Waals surface area contributed by atoms with Gasteiger partial charge in [0.25, 0.3) is 10.1 Å². The second-order valence-corrected chi connectivity index (χ2v) is 6.81. The Morgan fingerprint density at radius 2 is 1.36 bits per heavy atom. The Bertz CT molecular complexity index is 759. The smallest absolute Gasteiger partial charge is 0.291 e. The molecule has 0 saturated heterocycles. The lowest BCUT2D eigenvalue weighted by Gasteiger charge is -2.12. The highest BCUT2D eigenvalue weighted by atomic mass is 32.2. The van der Waals surface area contributed by atoms with Crippen molar-refractivity contribution in [3.05, 3.63) is 65.2 Å². The fourth-order valence-corrected chi connectivity index (χ4v) is 2.99. The third-order valence-corrected chi connectivity index (χ3v) is 4.68. The number of benzene rings is 2. The van der Waals surface area contributed by atoms with Gasteiger partial charge in [-0.2, -0.15) is 8.42 Å². The molecule has 0 bridgehead atoms. The van der Waals surface area contributed by atoms with Gasteiger partial charge in [-0.3, -0.25) is 8.98 Å². The molecule has 0 aliphatic rings. The summed E-state index contributed by atoms with van der Waals surface area (Å²) in [7, 11) is -3.96. The molecule has 2 aromatic rings. The van der Waals surface area contributed by atoms with Crippen LogP contribution in [0.3, 0.4) is 0 Å². The molecule has 1 unspecified atom stereocenters. The van der Waals surface area contributed by atoms with E-state index in [9.17, 15) is 13.2 Å². The zero-order valence-corrected chi connectivity index (χ0v) is 13.6. The van der Waals surface area contributed by atoms with E-state index in [1.807, 2.05) is 13.8 Å². The van der Waals surface area contributed by atoms with Crippen LogP contribution in [0.2, 0.25) is 0 Å². The summed E-state index contributed by atoms with van der Waals surface area (Å²) in [5, 5.41) is 0. The molecule has 0 aliphatic heterocycles. The molecule has 0 aliphatic carbocycles. The Balaban J connectivity index is 2.16. The van der Waals surface area contributed by atoms with Gasteiger partial charge >= 0.3 is 0 Å². The van der Waals surface area contributed by atoms with Crippen molar-refractivity contribution in [3.63, 3.8) is 0 Å². The highest BCUT2D eigenvalue weighted by Crippen LogP contribution is 2.17. The lowest BCUT2D eigenvalue weighted by molar-refractivity contribution is 0.0826. The monoisotopic (exact) mass is 318 g/mol. The first-order chi connectivity index (χ1) is 10.3. The van der Waals surface area contributed by atoms with E-state index in [1.165, 1.54) is 19.1 Å². The molecule has 0 radical (unpaired) electrons. The van der Waals surface area contributed by atoms with Crippen LogP contribution in [0.1, 0.15) is 28.4 Å². The first-order valence-corrected chi connectivity index (χ1v) is 8.31. The van der Waals surface area contributed by atoms with Gasteiger partial charge in [-0.15, -0.1) is 0 Å². The Morgan fingerprint density at radius 3 is 1.86 bits per heavy atom. The second-order valence-electron chi connectivity index (χ2n) is 5.24. The molecule has 116 valence electrons. The first-order valence-electron chi connectivity index (χ1n) is 6.90. The molecule has 0 amide bonds. The Kier molecular flexibility index (Phi) is 4.78. The van der Waals surface area contributed by atoms with Crippen molar-refractivity contribution in [2.24, 2.45) is 0 Å². The molecule has 0 fully saturated rings. The molecular weight excluding hydrogens is 300 g/mol. The SMILES string of the molecule is Cc1ccc(C(=O)C(C)OS(=O)(=O)c2ccc(C)cc2)cc1. The molecule has 1 atom stereocenters. The predicted octanol–water partition coefficient (Wildman–Crippen LogP) is 3.28. The van der Waals surface area contributed by atoms with Crippen LogP contribution < -0.4 is 0 Å². The normalized spacial score (nSPS) is 12.9. The van der Waals surface area contributed by atoms with E-state index in [-0.39, 0.29) is 10.7 Å². The Morgan fingerprint density at radius 1 is 0.909 bits per heavy atom. The second kappa shape index (κ2) is 6.42. The van der Waals surface area contributed by atoms with E-state index in [4.69, 9.17) is 4.18 Å². The molecule has 0 saturated carbocycles. The molecular formula is C17H18O4S. The summed E-state index contributed by atoms with van der Waals surface area (Å²) in [6.45, 7) is 5.21. The quantitative estimate of drug-likeness (QED) is 0.627. The number of hydrogen-bond acceptors (Lipinski definition) is 4. The van der Waals surface area contributed by atoms with E-state index in [0.29, 0.717) is 5.56 Å². The van der Waals surface area contributed by atoms with E-state index in [2.05, 4.69) is 0 Å². The number of aryl methyl sites for hydroxylation is 2. The molecule has 0 heterocycles. The van der Waals surface area contributed by atoms with Gasteiger partial charge in [-0.05, 0) is 32.9 Å². The number of carbonyl (C=O) groups excluding carboxylic acids is 1. The van der Waals surface area contributed by atoms with Crippen LogP contribution >= 0.6 is 0 Å². The van der Waals surface area contributed by atoms with Gasteiger partial charge in [0.05, 0.1) is 4.90 Å². The number of Topliss-reactive ketones (excluding diaryl/α,β-unsaturated/α-hetero) is 1. The molecule has 5 heteroatoms. The summed E-state index contributed by atoms with van der Waals surface area (Å²) in [6, 6.07) is 13.2. The number of ketones is 1. The van der Waals surface area contributed by atoms with Crippen LogP contribution in [-0.2, 0) is 14.3 Å². The minimum atomic E-state index is -3.96. The van der Waals surface area contributed by atoms with E-state index >= 15 is 0 Å². The highest BCUT2D eigenvalue weighted by Gasteiger charge is 2.24. The minimum Gasteiger partial charge on any atom is -0.291 e. The van der Waals surface area contributed by atoms with Gasteiger partial charge in [0, 0.05) is 5.56 Å². The maximum atomic E-state index is 12.2. The maximum Gasteiger partial charge on any atom is 0.297 e. The van der Waals surface area contributed by atoms with Gasteiger partial charge in [0.1, 0.15) is 6.10 Å². The molecule has 2 aromatic carbocycles. The van der Waals surface area contributed by atoms with Crippen molar-refractivity contribution in [1.82, 2.24) is 0 Å². The summed E-state index contributed by atoms with van der Waals surface area (Å²) in [4.78, 5) is 12.3. The average molecular weight is 318 g/mol. The first kappa shape index (κ1) is 16.4. The largest absolute Gasteiger partial charge is 0.297 e.